The molecule has 4 rings (SSSR count). The summed E-state index contributed by atoms with van der Waals surface area (Å²) in [6.45, 7) is 7.45. The fraction of sp³-hybridized carbons (Fsp3) is 0.346. The monoisotopic (exact) mass is 478 g/mol. The number of rotatable bonds is 9. The van der Waals surface area contributed by atoms with Crippen LogP contribution in [-0.2, 0) is 4.74 Å². The van der Waals surface area contributed by atoms with Gasteiger partial charge in [-0.15, -0.1) is 0 Å². The van der Waals surface area contributed by atoms with Gasteiger partial charge < -0.3 is 24.4 Å². The molecule has 1 aromatic heterocycles. The molecule has 9 heteroatoms. The SMILES string of the molecule is CCOCCCN1C(=O)NC(c2ccc(OC)c(O)c2)C(c2nc(-c3cccc(C)c3)no2)=C1C. The van der Waals surface area contributed by atoms with E-state index >= 15 is 0 Å². The molecular weight excluding hydrogens is 448 g/mol. The van der Waals surface area contributed by atoms with Gasteiger partial charge in [0.05, 0.1) is 18.7 Å². The summed E-state index contributed by atoms with van der Waals surface area (Å²) in [7, 11) is 1.48. The minimum absolute atomic E-state index is 0.0265. The molecule has 1 unspecified atom stereocenters. The molecule has 1 aliphatic heterocycles. The summed E-state index contributed by atoms with van der Waals surface area (Å²) in [4.78, 5) is 19.4. The number of phenols is 1. The summed E-state index contributed by atoms with van der Waals surface area (Å²) in [5.74, 6) is 1.07. The second-order valence-corrected chi connectivity index (χ2v) is 8.31. The zero-order valence-electron chi connectivity index (χ0n) is 20.4. The fourth-order valence-corrected chi connectivity index (χ4v) is 4.17. The highest BCUT2D eigenvalue weighted by Crippen LogP contribution is 2.39. The second-order valence-electron chi connectivity index (χ2n) is 8.31. The van der Waals surface area contributed by atoms with E-state index in [1.807, 2.05) is 45.0 Å². The topological polar surface area (TPSA) is 110 Å². The molecule has 1 atom stereocenters. The minimum Gasteiger partial charge on any atom is -0.504 e. The Morgan fingerprint density at radius 3 is 2.74 bits per heavy atom. The number of benzene rings is 2. The van der Waals surface area contributed by atoms with Crippen LogP contribution in [0.15, 0.2) is 52.7 Å². The Morgan fingerprint density at radius 1 is 1.20 bits per heavy atom. The Kier molecular flexibility index (Phi) is 7.36. The molecule has 184 valence electrons. The number of methoxy groups -OCH3 is 1. The Bertz CT molecular complexity index is 1240. The predicted octanol–water partition coefficient (Wildman–Crippen LogP) is 4.68. The predicted molar refractivity (Wildman–Crippen MR) is 131 cm³/mol. The van der Waals surface area contributed by atoms with Crippen molar-refractivity contribution in [3.8, 4) is 22.9 Å². The number of ether oxygens (including phenoxy) is 2. The van der Waals surface area contributed by atoms with Crippen molar-refractivity contribution in [1.82, 2.24) is 20.4 Å². The first-order chi connectivity index (χ1) is 16.9. The van der Waals surface area contributed by atoms with Gasteiger partial charge >= 0.3 is 6.03 Å². The Labute approximate surface area is 204 Å². The Hall–Kier alpha value is -3.85. The van der Waals surface area contributed by atoms with Crippen LogP contribution in [0.2, 0.25) is 0 Å². The van der Waals surface area contributed by atoms with Crippen molar-refractivity contribution < 1.29 is 23.9 Å². The van der Waals surface area contributed by atoms with Crippen LogP contribution in [0.5, 0.6) is 11.5 Å². The van der Waals surface area contributed by atoms with Gasteiger partial charge in [-0.2, -0.15) is 4.98 Å². The number of nitrogens with one attached hydrogen (secondary N) is 1. The normalized spacial score (nSPS) is 15.9. The van der Waals surface area contributed by atoms with Crippen LogP contribution in [-0.4, -0.2) is 53.0 Å². The van der Waals surface area contributed by atoms with E-state index in [1.54, 1.807) is 23.1 Å². The highest BCUT2D eigenvalue weighted by molar-refractivity contribution is 5.87. The number of allylic oxidation sites excluding steroid dienone is 1. The lowest BCUT2D eigenvalue weighted by atomic mass is 9.94. The van der Waals surface area contributed by atoms with Crippen molar-refractivity contribution in [3.05, 3.63) is 65.2 Å². The lowest BCUT2D eigenvalue weighted by Crippen LogP contribution is -2.46. The van der Waals surface area contributed by atoms with E-state index in [0.29, 0.717) is 60.5 Å². The molecule has 0 fully saturated rings. The summed E-state index contributed by atoms with van der Waals surface area (Å²) in [6.07, 6.45) is 0.679. The van der Waals surface area contributed by atoms with Gasteiger partial charge in [-0.05, 0) is 51.0 Å². The van der Waals surface area contributed by atoms with E-state index in [4.69, 9.17) is 14.0 Å². The third-order valence-corrected chi connectivity index (χ3v) is 5.94. The number of phenolic OH excluding ortho intramolecular Hbond substituents is 1. The van der Waals surface area contributed by atoms with Crippen LogP contribution >= 0.6 is 0 Å². The van der Waals surface area contributed by atoms with Gasteiger partial charge in [0.25, 0.3) is 5.89 Å². The quantitative estimate of drug-likeness (QED) is 0.430. The van der Waals surface area contributed by atoms with Gasteiger partial charge in [0, 0.05) is 31.0 Å². The van der Waals surface area contributed by atoms with E-state index < -0.39 is 6.04 Å². The van der Waals surface area contributed by atoms with Gasteiger partial charge in [-0.1, -0.05) is 35.0 Å². The van der Waals surface area contributed by atoms with Gasteiger partial charge in [0.1, 0.15) is 0 Å². The molecular formula is C26H30N4O5. The van der Waals surface area contributed by atoms with Crippen molar-refractivity contribution in [1.29, 1.82) is 0 Å². The molecule has 2 aromatic carbocycles. The Balaban J connectivity index is 1.76. The minimum atomic E-state index is -0.603. The number of nitrogens with zero attached hydrogens (tertiary/aromatic N) is 3. The molecule has 2 N–H and O–H groups in total. The van der Waals surface area contributed by atoms with Gasteiger partial charge in [0.15, 0.2) is 11.5 Å². The number of amides is 2. The van der Waals surface area contributed by atoms with Crippen molar-refractivity contribution in [2.75, 3.05) is 26.9 Å². The maximum Gasteiger partial charge on any atom is 0.322 e. The third kappa shape index (κ3) is 5.14. The maximum absolute atomic E-state index is 13.1. The molecule has 2 amide bonds. The van der Waals surface area contributed by atoms with Crippen molar-refractivity contribution in [3.63, 3.8) is 0 Å². The summed E-state index contributed by atoms with van der Waals surface area (Å²) < 4.78 is 16.3. The summed E-state index contributed by atoms with van der Waals surface area (Å²) in [5.41, 5.74) is 3.95. The van der Waals surface area contributed by atoms with Crippen molar-refractivity contribution >= 4 is 11.6 Å². The first-order valence-electron chi connectivity index (χ1n) is 11.6. The molecule has 0 bridgehead atoms. The van der Waals surface area contributed by atoms with Crippen molar-refractivity contribution in [2.24, 2.45) is 0 Å². The summed E-state index contributed by atoms with van der Waals surface area (Å²) >= 11 is 0. The van der Waals surface area contributed by atoms with E-state index in [9.17, 15) is 9.90 Å². The lowest BCUT2D eigenvalue weighted by Gasteiger charge is -2.35. The maximum atomic E-state index is 13.1. The molecule has 1 aliphatic rings. The fourth-order valence-electron chi connectivity index (χ4n) is 4.17. The van der Waals surface area contributed by atoms with Gasteiger partial charge in [-0.25, -0.2) is 4.79 Å². The lowest BCUT2D eigenvalue weighted by molar-refractivity contribution is 0.136. The molecule has 3 aromatic rings. The molecule has 2 heterocycles. The second kappa shape index (κ2) is 10.6. The van der Waals surface area contributed by atoms with E-state index in [1.165, 1.54) is 7.11 Å². The molecule has 35 heavy (non-hydrogen) atoms. The first kappa shape index (κ1) is 24.3. The number of carbonyl (C=O) groups is 1. The van der Waals surface area contributed by atoms with E-state index in [-0.39, 0.29) is 11.8 Å². The highest BCUT2D eigenvalue weighted by atomic mass is 16.5. The van der Waals surface area contributed by atoms with E-state index in [0.717, 1.165) is 11.1 Å². The molecule has 0 saturated carbocycles. The average molecular weight is 479 g/mol. The number of urea groups is 1. The molecule has 0 aliphatic carbocycles. The van der Waals surface area contributed by atoms with Crippen LogP contribution in [0.25, 0.3) is 17.0 Å². The highest BCUT2D eigenvalue weighted by Gasteiger charge is 2.36. The molecule has 0 spiro atoms. The van der Waals surface area contributed by atoms with Crippen molar-refractivity contribution in [2.45, 2.75) is 33.2 Å². The van der Waals surface area contributed by atoms with Crippen LogP contribution < -0.4 is 10.1 Å². The smallest absolute Gasteiger partial charge is 0.322 e. The zero-order valence-corrected chi connectivity index (χ0v) is 20.4. The molecule has 0 saturated heterocycles. The van der Waals surface area contributed by atoms with Gasteiger partial charge in [-0.3, -0.25) is 4.90 Å². The van der Waals surface area contributed by atoms with Crippen LogP contribution in [0.1, 0.15) is 43.3 Å². The van der Waals surface area contributed by atoms with Crippen LogP contribution in [0.3, 0.4) is 0 Å². The number of aryl methyl sites for hydroxylation is 1. The van der Waals surface area contributed by atoms with Gasteiger partial charge in [0.2, 0.25) is 5.82 Å². The standard InChI is InChI=1S/C26H30N4O5/c1-5-34-13-7-12-30-17(3)22(25-28-24(29-35-25)19-9-6-8-16(2)14-19)23(27-26(30)32)18-10-11-21(33-4)20(31)15-18/h6,8-11,14-15,23,31H,5,7,12-13H2,1-4H3,(H,27,32). The first-order valence-corrected chi connectivity index (χ1v) is 11.6. The number of hydrogen-bond donors (Lipinski definition) is 2. The summed E-state index contributed by atoms with van der Waals surface area (Å²) in [5, 5.41) is 17.6. The number of hydrogen-bond acceptors (Lipinski definition) is 7. The largest absolute Gasteiger partial charge is 0.504 e. The molecule has 9 nitrogen and oxygen atoms in total. The number of carbonyl (C=O) groups excluding carboxylic acids is 1. The number of aromatic nitrogens is 2. The van der Waals surface area contributed by atoms with E-state index in [2.05, 4.69) is 15.5 Å². The number of aromatic hydroxyl groups is 1. The zero-order chi connectivity index (χ0) is 24.9. The average Bonchev–Trinajstić information content (AvgIpc) is 3.33. The van der Waals surface area contributed by atoms with Crippen LogP contribution in [0.4, 0.5) is 4.79 Å². The summed E-state index contributed by atoms with van der Waals surface area (Å²) in [6, 6.07) is 12.0. The Morgan fingerprint density at radius 2 is 2.03 bits per heavy atom. The third-order valence-electron chi connectivity index (χ3n) is 5.94. The van der Waals surface area contributed by atoms with Crippen LogP contribution in [0, 0.1) is 6.92 Å². The molecule has 0 radical (unpaired) electrons.